The lowest BCUT2D eigenvalue weighted by atomic mass is 9.96. The van der Waals surface area contributed by atoms with Crippen LogP contribution in [0.2, 0.25) is 0 Å². The molecular weight excluding hydrogens is 288 g/mol. The van der Waals surface area contributed by atoms with E-state index in [1.54, 1.807) is 6.26 Å². The SMILES string of the molecule is CCC(C)c1ccc(C(Br)c2ccoc2C)cc1. The van der Waals surface area contributed by atoms with Crippen molar-refractivity contribution in [1.29, 1.82) is 0 Å². The number of hydrogen-bond acceptors (Lipinski definition) is 1. The standard InChI is InChI=1S/C16H19BrO/c1-4-11(2)13-5-7-14(8-6-13)16(17)15-9-10-18-12(15)3/h5-11,16H,4H2,1-3H3. The number of benzene rings is 1. The Kier molecular flexibility index (Phi) is 4.28. The molecule has 0 saturated heterocycles. The smallest absolute Gasteiger partial charge is 0.105 e. The molecule has 1 aromatic heterocycles. The molecule has 0 radical (unpaired) electrons. The van der Waals surface area contributed by atoms with E-state index in [2.05, 4.69) is 54.0 Å². The molecular formula is C16H19BrO. The van der Waals surface area contributed by atoms with Crippen molar-refractivity contribution in [2.24, 2.45) is 0 Å². The highest BCUT2D eigenvalue weighted by Crippen LogP contribution is 2.34. The fraction of sp³-hybridized carbons (Fsp3) is 0.375. The van der Waals surface area contributed by atoms with Crippen LogP contribution in [0.5, 0.6) is 0 Å². The second-order valence-electron chi connectivity index (χ2n) is 4.77. The second kappa shape index (κ2) is 5.75. The number of halogens is 1. The maximum Gasteiger partial charge on any atom is 0.105 e. The first-order chi connectivity index (χ1) is 8.63. The van der Waals surface area contributed by atoms with Crippen LogP contribution in [0.1, 0.15) is 53.5 Å². The maximum absolute atomic E-state index is 5.36. The second-order valence-corrected chi connectivity index (χ2v) is 5.69. The monoisotopic (exact) mass is 306 g/mol. The van der Waals surface area contributed by atoms with Gasteiger partial charge in [0.05, 0.1) is 11.1 Å². The van der Waals surface area contributed by atoms with Crippen LogP contribution in [0, 0.1) is 6.92 Å². The molecule has 2 aromatic rings. The predicted octanol–water partition coefficient (Wildman–Crippen LogP) is 5.59. The molecule has 1 nitrogen and oxygen atoms in total. The number of rotatable bonds is 4. The summed E-state index contributed by atoms with van der Waals surface area (Å²) in [5.41, 5.74) is 3.88. The molecule has 0 spiro atoms. The van der Waals surface area contributed by atoms with Crippen LogP contribution in [0.15, 0.2) is 41.0 Å². The Labute approximate surface area is 117 Å². The van der Waals surface area contributed by atoms with E-state index in [1.165, 1.54) is 23.1 Å². The van der Waals surface area contributed by atoms with Crippen molar-refractivity contribution in [1.82, 2.24) is 0 Å². The first-order valence-corrected chi connectivity index (χ1v) is 7.33. The Balaban J connectivity index is 2.22. The van der Waals surface area contributed by atoms with E-state index in [0.717, 1.165) is 5.76 Å². The van der Waals surface area contributed by atoms with E-state index in [4.69, 9.17) is 4.42 Å². The Morgan fingerprint density at radius 1 is 1.11 bits per heavy atom. The molecule has 1 heterocycles. The van der Waals surface area contributed by atoms with Crippen LogP contribution in [-0.4, -0.2) is 0 Å². The van der Waals surface area contributed by atoms with Gasteiger partial charge in [0.2, 0.25) is 0 Å². The summed E-state index contributed by atoms with van der Waals surface area (Å²) in [6.45, 7) is 6.48. The maximum atomic E-state index is 5.36. The average molecular weight is 307 g/mol. The van der Waals surface area contributed by atoms with Gasteiger partial charge in [0.25, 0.3) is 0 Å². The molecule has 2 unspecified atom stereocenters. The summed E-state index contributed by atoms with van der Waals surface area (Å²) < 4.78 is 5.36. The summed E-state index contributed by atoms with van der Waals surface area (Å²) >= 11 is 3.74. The van der Waals surface area contributed by atoms with Gasteiger partial charge in [-0.15, -0.1) is 0 Å². The third-order valence-electron chi connectivity index (χ3n) is 3.58. The molecule has 0 N–H and O–H groups in total. The highest BCUT2D eigenvalue weighted by molar-refractivity contribution is 9.09. The average Bonchev–Trinajstić information content (AvgIpc) is 2.83. The highest BCUT2D eigenvalue weighted by atomic mass is 79.9. The number of furan rings is 1. The van der Waals surface area contributed by atoms with E-state index in [1.807, 2.05) is 13.0 Å². The van der Waals surface area contributed by atoms with Crippen molar-refractivity contribution in [3.8, 4) is 0 Å². The summed E-state index contributed by atoms with van der Waals surface area (Å²) in [7, 11) is 0. The fourth-order valence-corrected chi connectivity index (χ4v) is 2.85. The lowest BCUT2D eigenvalue weighted by Gasteiger charge is -2.13. The van der Waals surface area contributed by atoms with E-state index in [-0.39, 0.29) is 4.83 Å². The summed E-state index contributed by atoms with van der Waals surface area (Å²) in [4.78, 5) is 0.210. The zero-order valence-corrected chi connectivity index (χ0v) is 12.7. The fourth-order valence-electron chi connectivity index (χ4n) is 2.07. The quantitative estimate of drug-likeness (QED) is 0.671. The van der Waals surface area contributed by atoms with Crippen LogP contribution in [0.4, 0.5) is 0 Å². The lowest BCUT2D eigenvalue weighted by molar-refractivity contribution is 0.530. The number of hydrogen-bond donors (Lipinski definition) is 0. The van der Waals surface area contributed by atoms with Gasteiger partial charge >= 0.3 is 0 Å². The number of alkyl halides is 1. The van der Waals surface area contributed by atoms with E-state index >= 15 is 0 Å². The van der Waals surface area contributed by atoms with Gasteiger partial charge in [0.1, 0.15) is 5.76 Å². The molecule has 2 rings (SSSR count). The van der Waals surface area contributed by atoms with E-state index in [9.17, 15) is 0 Å². The molecule has 0 bridgehead atoms. The Hall–Kier alpha value is -1.02. The zero-order chi connectivity index (χ0) is 13.1. The van der Waals surface area contributed by atoms with Gasteiger partial charge in [-0.2, -0.15) is 0 Å². The molecule has 0 saturated carbocycles. The summed E-state index contributed by atoms with van der Waals surface area (Å²) in [5.74, 6) is 1.60. The summed E-state index contributed by atoms with van der Waals surface area (Å²) in [6.07, 6.45) is 2.92. The molecule has 0 aliphatic heterocycles. The molecule has 2 heteroatoms. The van der Waals surface area contributed by atoms with Crippen molar-refractivity contribution in [3.63, 3.8) is 0 Å². The first kappa shape index (κ1) is 13.4. The van der Waals surface area contributed by atoms with Crippen molar-refractivity contribution in [3.05, 3.63) is 59.0 Å². The van der Waals surface area contributed by atoms with Crippen LogP contribution in [-0.2, 0) is 0 Å². The molecule has 1 aromatic carbocycles. The molecule has 0 amide bonds. The molecule has 2 atom stereocenters. The third-order valence-corrected chi connectivity index (χ3v) is 4.60. The third kappa shape index (κ3) is 2.69. The Bertz CT molecular complexity index is 498. The van der Waals surface area contributed by atoms with Crippen LogP contribution in [0.3, 0.4) is 0 Å². The van der Waals surface area contributed by atoms with Crippen molar-refractivity contribution < 1.29 is 4.42 Å². The van der Waals surface area contributed by atoms with Gasteiger partial charge < -0.3 is 4.42 Å². The Morgan fingerprint density at radius 3 is 2.22 bits per heavy atom. The minimum atomic E-state index is 0.210. The molecule has 18 heavy (non-hydrogen) atoms. The van der Waals surface area contributed by atoms with Crippen LogP contribution >= 0.6 is 15.9 Å². The minimum absolute atomic E-state index is 0.210. The normalized spacial score (nSPS) is 14.4. The van der Waals surface area contributed by atoms with Gasteiger partial charge in [-0.05, 0) is 36.5 Å². The van der Waals surface area contributed by atoms with Crippen molar-refractivity contribution in [2.45, 2.75) is 37.9 Å². The van der Waals surface area contributed by atoms with Gasteiger partial charge in [-0.25, -0.2) is 0 Å². The van der Waals surface area contributed by atoms with E-state index < -0.39 is 0 Å². The molecule has 0 aliphatic carbocycles. The predicted molar refractivity (Wildman–Crippen MR) is 79.4 cm³/mol. The minimum Gasteiger partial charge on any atom is -0.469 e. The topological polar surface area (TPSA) is 13.1 Å². The number of aryl methyl sites for hydroxylation is 1. The summed E-state index contributed by atoms with van der Waals surface area (Å²) in [6, 6.07) is 10.9. The molecule has 0 fully saturated rings. The molecule has 96 valence electrons. The van der Waals surface area contributed by atoms with Gasteiger partial charge in [-0.1, -0.05) is 54.0 Å². The van der Waals surface area contributed by atoms with E-state index in [0.29, 0.717) is 5.92 Å². The molecule has 0 aliphatic rings. The summed E-state index contributed by atoms with van der Waals surface area (Å²) in [5, 5.41) is 0. The largest absolute Gasteiger partial charge is 0.469 e. The van der Waals surface area contributed by atoms with Gasteiger partial charge in [0.15, 0.2) is 0 Å². The first-order valence-electron chi connectivity index (χ1n) is 6.41. The zero-order valence-electron chi connectivity index (χ0n) is 11.1. The van der Waals surface area contributed by atoms with Crippen molar-refractivity contribution >= 4 is 15.9 Å². The Morgan fingerprint density at radius 2 is 1.72 bits per heavy atom. The van der Waals surface area contributed by atoms with Crippen molar-refractivity contribution in [2.75, 3.05) is 0 Å². The van der Waals surface area contributed by atoms with Gasteiger partial charge in [-0.3, -0.25) is 0 Å². The lowest BCUT2D eigenvalue weighted by Crippen LogP contribution is -1.95. The highest BCUT2D eigenvalue weighted by Gasteiger charge is 2.15. The van der Waals surface area contributed by atoms with Crippen LogP contribution < -0.4 is 0 Å². The van der Waals surface area contributed by atoms with Crippen LogP contribution in [0.25, 0.3) is 0 Å². The van der Waals surface area contributed by atoms with Gasteiger partial charge in [0, 0.05) is 5.56 Å².